The Balaban J connectivity index is 2.66. The first-order valence-corrected chi connectivity index (χ1v) is 4.50. The highest BCUT2D eigenvalue weighted by Crippen LogP contribution is 2.23. The molecule has 0 saturated carbocycles. The number of hydrogen-bond donors (Lipinski definition) is 1. The lowest BCUT2D eigenvalue weighted by Gasteiger charge is -2.15. The minimum atomic E-state index is 0.687. The van der Waals surface area contributed by atoms with Crippen molar-refractivity contribution in [3.8, 4) is 0 Å². The van der Waals surface area contributed by atoms with Gasteiger partial charge in [0.25, 0.3) is 0 Å². The number of benzene rings is 1. The summed E-state index contributed by atoms with van der Waals surface area (Å²) in [6, 6.07) is 5.51. The first-order valence-electron chi connectivity index (χ1n) is 4.50. The molecule has 5 nitrogen and oxygen atoms in total. The van der Waals surface area contributed by atoms with Crippen molar-refractivity contribution in [3.63, 3.8) is 0 Å². The van der Waals surface area contributed by atoms with Crippen molar-refractivity contribution >= 4 is 22.4 Å². The molecule has 78 valence electrons. The smallest absolute Gasteiger partial charge is 0.163 e. The first-order chi connectivity index (χ1) is 7.22. The zero-order chi connectivity index (χ0) is 10.8. The summed E-state index contributed by atoms with van der Waals surface area (Å²) in [5.74, 6) is 0.725. The van der Waals surface area contributed by atoms with Gasteiger partial charge in [-0.1, -0.05) is 0 Å². The minimum Gasteiger partial charge on any atom is -0.399 e. The monoisotopic (exact) mass is 204 g/mol. The standard InChI is InChI=1S/C10H12N4O/c1-14(15-2)10-8-4-3-7(11)5-9(8)12-6-13-10/h3-6H,11H2,1-2H3. The zero-order valence-electron chi connectivity index (χ0n) is 8.64. The molecule has 0 aliphatic carbocycles. The Morgan fingerprint density at radius 1 is 1.33 bits per heavy atom. The molecule has 2 N–H and O–H groups in total. The second-order valence-electron chi connectivity index (χ2n) is 3.15. The van der Waals surface area contributed by atoms with E-state index in [4.69, 9.17) is 10.6 Å². The van der Waals surface area contributed by atoms with E-state index in [1.54, 1.807) is 19.2 Å². The minimum absolute atomic E-state index is 0.687. The highest BCUT2D eigenvalue weighted by Gasteiger charge is 2.07. The van der Waals surface area contributed by atoms with Crippen LogP contribution in [0.5, 0.6) is 0 Å². The molecule has 0 radical (unpaired) electrons. The van der Waals surface area contributed by atoms with E-state index in [0.717, 1.165) is 16.7 Å². The lowest BCUT2D eigenvalue weighted by Crippen LogP contribution is -2.16. The van der Waals surface area contributed by atoms with Gasteiger partial charge in [0.2, 0.25) is 0 Å². The molecule has 0 fully saturated rings. The Hall–Kier alpha value is -1.88. The van der Waals surface area contributed by atoms with E-state index in [9.17, 15) is 0 Å². The molecule has 2 rings (SSSR count). The number of anilines is 2. The summed E-state index contributed by atoms with van der Waals surface area (Å²) in [4.78, 5) is 13.4. The van der Waals surface area contributed by atoms with Crippen molar-refractivity contribution < 1.29 is 4.84 Å². The summed E-state index contributed by atoms with van der Waals surface area (Å²) in [6.45, 7) is 0. The number of hydroxylamine groups is 1. The van der Waals surface area contributed by atoms with Gasteiger partial charge in [-0.3, -0.25) is 4.84 Å². The van der Waals surface area contributed by atoms with Crippen molar-refractivity contribution in [2.24, 2.45) is 0 Å². The summed E-state index contributed by atoms with van der Waals surface area (Å²) in [6.07, 6.45) is 1.49. The maximum Gasteiger partial charge on any atom is 0.163 e. The van der Waals surface area contributed by atoms with Gasteiger partial charge in [0, 0.05) is 18.1 Å². The lowest BCUT2D eigenvalue weighted by atomic mass is 10.2. The Kier molecular flexibility index (Phi) is 2.39. The Bertz CT molecular complexity index is 486. The summed E-state index contributed by atoms with van der Waals surface area (Å²) < 4.78 is 0. The van der Waals surface area contributed by atoms with E-state index in [1.807, 2.05) is 18.2 Å². The molecule has 0 bridgehead atoms. The zero-order valence-corrected chi connectivity index (χ0v) is 8.64. The van der Waals surface area contributed by atoms with Gasteiger partial charge in [0.05, 0.1) is 12.6 Å². The molecule has 0 unspecified atom stereocenters. The third-order valence-electron chi connectivity index (χ3n) is 2.21. The fourth-order valence-corrected chi connectivity index (χ4v) is 1.40. The van der Waals surface area contributed by atoms with Gasteiger partial charge in [0.1, 0.15) is 6.33 Å². The highest BCUT2D eigenvalue weighted by atomic mass is 16.7. The molecule has 0 aliphatic rings. The van der Waals surface area contributed by atoms with E-state index >= 15 is 0 Å². The Morgan fingerprint density at radius 2 is 2.13 bits per heavy atom. The molecule has 1 aromatic carbocycles. The average molecular weight is 204 g/mol. The number of nitrogens with zero attached hydrogens (tertiary/aromatic N) is 3. The van der Waals surface area contributed by atoms with Crippen LogP contribution >= 0.6 is 0 Å². The van der Waals surface area contributed by atoms with Crippen molar-refractivity contribution in [3.05, 3.63) is 24.5 Å². The predicted octanol–water partition coefficient (Wildman–Crippen LogP) is 1.21. The molecule has 0 spiro atoms. The molecule has 0 aliphatic heterocycles. The topological polar surface area (TPSA) is 64.3 Å². The van der Waals surface area contributed by atoms with Crippen molar-refractivity contribution in [1.29, 1.82) is 0 Å². The predicted molar refractivity (Wildman–Crippen MR) is 59.4 cm³/mol. The number of rotatable bonds is 2. The Morgan fingerprint density at radius 3 is 2.87 bits per heavy atom. The normalized spacial score (nSPS) is 10.5. The van der Waals surface area contributed by atoms with Gasteiger partial charge in [-0.2, -0.15) is 0 Å². The van der Waals surface area contributed by atoms with Gasteiger partial charge in [0.15, 0.2) is 5.82 Å². The van der Waals surface area contributed by atoms with E-state index in [1.165, 1.54) is 6.33 Å². The molecule has 0 atom stereocenters. The SMILES string of the molecule is CON(C)c1ncnc2cc(N)ccc12. The maximum absolute atomic E-state index is 5.68. The highest BCUT2D eigenvalue weighted by molar-refractivity contribution is 5.90. The van der Waals surface area contributed by atoms with E-state index < -0.39 is 0 Å². The van der Waals surface area contributed by atoms with Crippen LogP contribution in [-0.2, 0) is 4.84 Å². The van der Waals surface area contributed by atoms with Crippen LogP contribution in [0.25, 0.3) is 10.9 Å². The van der Waals surface area contributed by atoms with Crippen LogP contribution in [0.1, 0.15) is 0 Å². The van der Waals surface area contributed by atoms with Crippen LogP contribution in [0.2, 0.25) is 0 Å². The van der Waals surface area contributed by atoms with Gasteiger partial charge in [-0.15, -0.1) is 0 Å². The van der Waals surface area contributed by atoms with Crippen LogP contribution in [0.15, 0.2) is 24.5 Å². The Labute approximate surface area is 87.4 Å². The van der Waals surface area contributed by atoms with Crippen LogP contribution < -0.4 is 10.8 Å². The summed E-state index contributed by atoms with van der Waals surface area (Å²) in [5, 5.41) is 2.50. The van der Waals surface area contributed by atoms with E-state index in [0.29, 0.717) is 5.69 Å². The second kappa shape index (κ2) is 3.70. The molecule has 0 amide bonds. The number of nitrogens with two attached hydrogens (primary N) is 1. The van der Waals surface area contributed by atoms with Gasteiger partial charge in [-0.05, 0) is 18.2 Å². The molecular formula is C10H12N4O. The van der Waals surface area contributed by atoms with Crippen molar-refractivity contribution in [2.75, 3.05) is 25.0 Å². The summed E-state index contributed by atoms with van der Waals surface area (Å²) >= 11 is 0. The van der Waals surface area contributed by atoms with Gasteiger partial charge >= 0.3 is 0 Å². The number of fused-ring (bicyclic) bond motifs is 1. The quantitative estimate of drug-likeness (QED) is 0.588. The third-order valence-corrected chi connectivity index (χ3v) is 2.21. The molecule has 0 saturated heterocycles. The fourth-order valence-electron chi connectivity index (χ4n) is 1.40. The summed E-state index contributed by atoms with van der Waals surface area (Å²) in [7, 11) is 3.38. The van der Waals surface area contributed by atoms with Crippen LogP contribution in [-0.4, -0.2) is 24.1 Å². The van der Waals surface area contributed by atoms with Crippen LogP contribution in [0.4, 0.5) is 11.5 Å². The maximum atomic E-state index is 5.68. The summed E-state index contributed by atoms with van der Waals surface area (Å²) in [5.41, 5.74) is 7.17. The van der Waals surface area contributed by atoms with Gasteiger partial charge < -0.3 is 5.73 Å². The third kappa shape index (κ3) is 1.69. The van der Waals surface area contributed by atoms with Crippen LogP contribution in [0, 0.1) is 0 Å². The van der Waals surface area contributed by atoms with Crippen molar-refractivity contribution in [2.45, 2.75) is 0 Å². The van der Waals surface area contributed by atoms with E-state index in [-0.39, 0.29) is 0 Å². The van der Waals surface area contributed by atoms with Crippen molar-refractivity contribution in [1.82, 2.24) is 9.97 Å². The lowest BCUT2D eigenvalue weighted by molar-refractivity contribution is 0.183. The molecule has 1 heterocycles. The molecule has 2 aromatic rings. The van der Waals surface area contributed by atoms with E-state index in [2.05, 4.69) is 9.97 Å². The fraction of sp³-hybridized carbons (Fsp3) is 0.200. The molecule has 15 heavy (non-hydrogen) atoms. The number of aromatic nitrogens is 2. The second-order valence-corrected chi connectivity index (χ2v) is 3.15. The molecule has 1 aromatic heterocycles. The molecule has 5 heteroatoms. The van der Waals surface area contributed by atoms with Crippen LogP contribution in [0.3, 0.4) is 0 Å². The largest absolute Gasteiger partial charge is 0.399 e. The first kappa shape index (κ1) is 9.67. The molecular weight excluding hydrogens is 192 g/mol. The average Bonchev–Trinajstić information content (AvgIpc) is 2.26. The number of nitrogen functional groups attached to an aromatic ring is 1. The number of hydrogen-bond acceptors (Lipinski definition) is 5. The van der Waals surface area contributed by atoms with Gasteiger partial charge in [-0.25, -0.2) is 15.0 Å².